The summed E-state index contributed by atoms with van der Waals surface area (Å²) >= 11 is 0. The molecule has 0 saturated carbocycles. The van der Waals surface area contributed by atoms with Crippen molar-refractivity contribution in [3.05, 3.63) is 47.6 Å². The van der Waals surface area contributed by atoms with Gasteiger partial charge in [0, 0.05) is 0 Å². The van der Waals surface area contributed by atoms with E-state index in [1.807, 2.05) is 38.2 Å². The minimum Gasteiger partial charge on any atom is -0.384 e. The first-order valence-corrected chi connectivity index (χ1v) is 6.04. The fourth-order valence-corrected chi connectivity index (χ4v) is 1.49. The molecule has 0 aliphatic heterocycles. The molecular formula is C15H24O. The molecule has 0 aliphatic rings. The van der Waals surface area contributed by atoms with Crippen molar-refractivity contribution in [1.82, 2.24) is 0 Å². The third kappa shape index (κ3) is 5.13. The molecule has 1 unspecified atom stereocenters. The van der Waals surface area contributed by atoms with Gasteiger partial charge in [-0.25, -0.2) is 0 Å². The van der Waals surface area contributed by atoms with Crippen LogP contribution in [0, 0.1) is 0 Å². The van der Waals surface area contributed by atoms with E-state index in [0.717, 1.165) is 24.0 Å². The maximum absolute atomic E-state index is 10.2. The molecular weight excluding hydrogens is 196 g/mol. The molecule has 0 spiro atoms. The van der Waals surface area contributed by atoms with Crippen LogP contribution in [0.15, 0.2) is 47.6 Å². The van der Waals surface area contributed by atoms with Crippen LogP contribution in [-0.4, -0.2) is 11.2 Å². The van der Waals surface area contributed by atoms with Gasteiger partial charge in [-0.3, -0.25) is 0 Å². The largest absolute Gasteiger partial charge is 0.384 e. The van der Waals surface area contributed by atoms with Gasteiger partial charge in [0.2, 0.25) is 0 Å². The number of hydrogen-bond donors (Lipinski definition) is 1. The van der Waals surface area contributed by atoms with Gasteiger partial charge < -0.3 is 5.11 Å². The van der Waals surface area contributed by atoms with Crippen LogP contribution in [0.25, 0.3) is 0 Å². The van der Waals surface area contributed by atoms with Gasteiger partial charge in [0.15, 0.2) is 0 Å². The molecule has 1 N–H and O–H groups in total. The second-order valence-electron chi connectivity index (χ2n) is 3.61. The van der Waals surface area contributed by atoms with Crippen LogP contribution in [0.3, 0.4) is 0 Å². The molecule has 1 heteroatoms. The Morgan fingerprint density at radius 3 is 2.19 bits per heavy atom. The van der Waals surface area contributed by atoms with Crippen LogP contribution >= 0.6 is 0 Å². The Morgan fingerprint density at radius 1 is 1.06 bits per heavy atom. The molecule has 0 rings (SSSR count). The Hall–Kier alpha value is -1.08. The standard InChI is InChI=1S/C15H24O/c1-5-9-12-14(11-7-3)15(16)13(8-4)10-6-2/h6,8-12,15-16H,5,7H2,1-4H3/b10-6-,12-9-,13-8+,14-11+. The van der Waals surface area contributed by atoms with Gasteiger partial charge in [-0.2, -0.15) is 0 Å². The molecule has 0 heterocycles. The molecule has 16 heavy (non-hydrogen) atoms. The molecule has 1 nitrogen and oxygen atoms in total. The first kappa shape index (κ1) is 14.9. The highest BCUT2D eigenvalue weighted by Crippen LogP contribution is 2.16. The number of rotatable bonds is 6. The van der Waals surface area contributed by atoms with Crippen LogP contribution < -0.4 is 0 Å². The fraction of sp³-hybridized carbons (Fsp3) is 0.467. The third-order valence-corrected chi connectivity index (χ3v) is 2.31. The van der Waals surface area contributed by atoms with Crippen LogP contribution in [0.2, 0.25) is 0 Å². The Kier molecular flexibility index (Phi) is 8.55. The lowest BCUT2D eigenvalue weighted by atomic mass is 9.99. The van der Waals surface area contributed by atoms with E-state index in [2.05, 4.69) is 26.0 Å². The molecule has 90 valence electrons. The van der Waals surface area contributed by atoms with E-state index in [1.165, 1.54) is 0 Å². The second kappa shape index (κ2) is 9.17. The Labute approximate surface area is 99.9 Å². The minimum absolute atomic E-state index is 0.510. The quantitative estimate of drug-likeness (QED) is 0.666. The van der Waals surface area contributed by atoms with Gasteiger partial charge in [0.25, 0.3) is 0 Å². The second-order valence-corrected chi connectivity index (χ2v) is 3.61. The SMILES string of the molecule is C/C=C\C(=C/C)C(O)C(/C=C\CC)=C/CC. The Balaban J connectivity index is 4.93. The highest BCUT2D eigenvalue weighted by Gasteiger charge is 2.10. The van der Waals surface area contributed by atoms with Gasteiger partial charge in [-0.1, -0.05) is 50.3 Å². The predicted molar refractivity (Wildman–Crippen MR) is 72.4 cm³/mol. The van der Waals surface area contributed by atoms with Crippen molar-refractivity contribution in [2.75, 3.05) is 0 Å². The summed E-state index contributed by atoms with van der Waals surface area (Å²) in [4.78, 5) is 0. The van der Waals surface area contributed by atoms with Crippen molar-refractivity contribution in [3.63, 3.8) is 0 Å². The highest BCUT2D eigenvalue weighted by atomic mass is 16.3. The van der Waals surface area contributed by atoms with Crippen LogP contribution in [-0.2, 0) is 0 Å². The van der Waals surface area contributed by atoms with Crippen LogP contribution in [0.4, 0.5) is 0 Å². The number of aliphatic hydroxyl groups is 1. The van der Waals surface area contributed by atoms with E-state index >= 15 is 0 Å². The van der Waals surface area contributed by atoms with Gasteiger partial charge >= 0.3 is 0 Å². The lowest BCUT2D eigenvalue weighted by molar-refractivity contribution is 0.253. The minimum atomic E-state index is -0.510. The molecule has 0 saturated heterocycles. The maximum Gasteiger partial charge on any atom is 0.103 e. The number of hydrogen-bond acceptors (Lipinski definition) is 1. The first-order valence-electron chi connectivity index (χ1n) is 6.04. The normalized spacial score (nSPS) is 16.3. The van der Waals surface area contributed by atoms with Crippen molar-refractivity contribution in [2.45, 2.75) is 46.6 Å². The van der Waals surface area contributed by atoms with E-state index in [1.54, 1.807) is 0 Å². The monoisotopic (exact) mass is 220 g/mol. The fourth-order valence-electron chi connectivity index (χ4n) is 1.49. The molecule has 0 fully saturated rings. The van der Waals surface area contributed by atoms with Crippen molar-refractivity contribution in [1.29, 1.82) is 0 Å². The zero-order chi connectivity index (χ0) is 12.4. The Bertz CT molecular complexity index is 293. The van der Waals surface area contributed by atoms with Gasteiger partial charge in [-0.05, 0) is 37.8 Å². The molecule has 0 bridgehead atoms. The van der Waals surface area contributed by atoms with Crippen molar-refractivity contribution < 1.29 is 5.11 Å². The van der Waals surface area contributed by atoms with Gasteiger partial charge in [0.05, 0.1) is 0 Å². The van der Waals surface area contributed by atoms with E-state index in [0.29, 0.717) is 0 Å². The topological polar surface area (TPSA) is 20.2 Å². The summed E-state index contributed by atoms with van der Waals surface area (Å²) in [6.45, 7) is 8.08. The average molecular weight is 220 g/mol. The summed E-state index contributed by atoms with van der Waals surface area (Å²) < 4.78 is 0. The summed E-state index contributed by atoms with van der Waals surface area (Å²) in [6.07, 6.45) is 13.4. The smallest absolute Gasteiger partial charge is 0.103 e. The maximum atomic E-state index is 10.2. The molecule has 0 amide bonds. The molecule has 0 aromatic rings. The van der Waals surface area contributed by atoms with E-state index in [9.17, 15) is 5.11 Å². The van der Waals surface area contributed by atoms with E-state index in [4.69, 9.17) is 0 Å². The number of aliphatic hydroxyl groups excluding tert-OH is 1. The zero-order valence-corrected chi connectivity index (χ0v) is 10.9. The molecule has 0 aliphatic carbocycles. The van der Waals surface area contributed by atoms with E-state index < -0.39 is 6.10 Å². The van der Waals surface area contributed by atoms with Crippen LogP contribution in [0.1, 0.15) is 40.5 Å². The third-order valence-electron chi connectivity index (χ3n) is 2.31. The van der Waals surface area contributed by atoms with Crippen molar-refractivity contribution in [2.24, 2.45) is 0 Å². The lowest BCUT2D eigenvalue weighted by Crippen LogP contribution is -2.11. The lowest BCUT2D eigenvalue weighted by Gasteiger charge is -2.13. The summed E-state index contributed by atoms with van der Waals surface area (Å²) in [7, 11) is 0. The summed E-state index contributed by atoms with van der Waals surface area (Å²) in [5.74, 6) is 0. The van der Waals surface area contributed by atoms with Crippen molar-refractivity contribution in [3.8, 4) is 0 Å². The molecule has 0 radical (unpaired) electrons. The Morgan fingerprint density at radius 2 is 1.75 bits per heavy atom. The van der Waals surface area contributed by atoms with Gasteiger partial charge in [-0.15, -0.1) is 0 Å². The van der Waals surface area contributed by atoms with Gasteiger partial charge in [0.1, 0.15) is 6.10 Å². The van der Waals surface area contributed by atoms with E-state index in [-0.39, 0.29) is 0 Å². The highest BCUT2D eigenvalue weighted by molar-refractivity contribution is 5.36. The van der Waals surface area contributed by atoms with Crippen molar-refractivity contribution >= 4 is 0 Å². The molecule has 1 atom stereocenters. The molecule has 0 aromatic carbocycles. The number of allylic oxidation sites excluding steroid dienone is 4. The zero-order valence-electron chi connectivity index (χ0n) is 10.9. The predicted octanol–water partition coefficient (Wildman–Crippen LogP) is 4.17. The van der Waals surface area contributed by atoms with Crippen LogP contribution in [0.5, 0.6) is 0 Å². The summed E-state index contributed by atoms with van der Waals surface area (Å²) in [5.41, 5.74) is 1.93. The first-order chi connectivity index (χ1) is 7.71. The average Bonchev–Trinajstić information content (AvgIpc) is 2.30. The summed E-state index contributed by atoms with van der Waals surface area (Å²) in [5, 5.41) is 10.2. The molecule has 0 aromatic heterocycles. The summed E-state index contributed by atoms with van der Waals surface area (Å²) in [6, 6.07) is 0.